The van der Waals surface area contributed by atoms with E-state index < -0.39 is 29.8 Å². The number of esters is 1. The van der Waals surface area contributed by atoms with E-state index in [9.17, 15) is 14.4 Å². The van der Waals surface area contributed by atoms with E-state index in [0.29, 0.717) is 11.5 Å². The Hall–Kier alpha value is -2.55. The molecule has 1 aliphatic carbocycles. The summed E-state index contributed by atoms with van der Waals surface area (Å²) in [6, 6.07) is 2.81. The van der Waals surface area contributed by atoms with E-state index in [1.807, 2.05) is 6.07 Å². The van der Waals surface area contributed by atoms with E-state index in [4.69, 9.17) is 18.9 Å². The highest BCUT2D eigenvalue weighted by molar-refractivity contribution is 9.10. The fourth-order valence-corrected chi connectivity index (χ4v) is 4.14. The Morgan fingerprint density at radius 1 is 1.19 bits per heavy atom. The van der Waals surface area contributed by atoms with Crippen LogP contribution in [0.15, 0.2) is 22.7 Å². The van der Waals surface area contributed by atoms with Crippen molar-refractivity contribution in [1.82, 2.24) is 4.90 Å². The number of amides is 1. The number of methoxy groups -OCH3 is 2. The molecule has 0 N–H and O–H groups in total. The third-order valence-corrected chi connectivity index (χ3v) is 5.58. The Morgan fingerprint density at radius 3 is 2.52 bits per heavy atom. The second-order valence-corrected chi connectivity index (χ2v) is 9.30. The summed E-state index contributed by atoms with van der Waals surface area (Å²) in [5.41, 5.74) is 0.839. The van der Waals surface area contributed by atoms with Gasteiger partial charge in [0.25, 0.3) is 0 Å². The number of fused-ring (bicyclic) bond motifs is 1. The van der Waals surface area contributed by atoms with Gasteiger partial charge in [0, 0.05) is 24.5 Å². The minimum absolute atomic E-state index is 0.0987. The third kappa shape index (κ3) is 5.20. The van der Waals surface area contributed by atoms with Gasteiger partial charge in [-0.3, -0.25) is 9.69 Å². The van der Waals surface area contributed by atoms with Crippen molar-refractivity contribution >= 4 is 39.5 Å². The molecule has 0 radical (unpaired) electrons. The normalized spacial score (nSPS) is 20.6. The molecule has 1 amide bonds. The first kappa shape index (κ1) is 23.1. The zero-order chi connectivity index (χ0) is 22.9. The van der Waals surface area contributed by atoms with Crippen molar-refractivity contribution in [1.29, 1.82) is 0 Å². The minimum Gasteiger partial charge on any atom is -0.496 e. The number of ketones is 1. The highest BCUT2D eigenvalue weighted by atomic mass is 79.9. The molecule has 1 aromatic rings. The first-order chi connectivity index (χ1) is 14.5. The van der Waals surface area contributed by atoms with E-state index in [1.54, 1.807) is 33.9 Å². The summed E-state index contributed by atoms with van der Waals surface area (Å²) in [5.74, 6) is 0.377. The molecule has 8 nitrogen and oxygen atoms in total. The Balaban J connectivity index is 1.84. The van der Waals surface area contributed by atoms with Crippen molar-refractivity contribution in [2.45, 2.75) is 51.4 Å². The summed E-state index contributed by atoms with van der Waals surface area (Å²) in [6.07, 6.45) is 0.790. The van der Waals surface area contributed by atoms with Crippen molar-refractivity contribution in [2.75, 3.05) is 20.8 Å². The zero-order valence-corrected chi connectivity index (χ0v) is 19.8. The Kier molecular flexibility index (Phi) is 6.64. The number of carbonyl (C=O) groups excluding carboxylic acids is 3. The monoisotopic (exact) mass is 495 g/mol. The summed E-state index contributed by atoms with van der Waals surface area (Å²) >= 11 is 3.46. The predicted molar refractivity (Wildman–Crippen MR) is 116 cm³/mol. The number of ether oxygens (including phenoxy) is 4. The van der Waals surface area contributed by atoms with E-state index >= 15 is 0 Å². The molecule has 1 saturated heterocycles. The lowest BCUT2D eigenvalue weighted by Crippen LogP contribution is -2.44. The van der Waals surface area contributed by atoms with Gasteiger partial charge in [-0.25, -0.2) is 9.59 Å². The summed E-state index contributed by atoms with van der Waals surface area (Å²) < 4.78 is 22.5. The summed E-state index contributed by atoms with van der Waals surface area (Å²) in [5, 5.41) is 0. The fourth-order valence-electron chi connectivity index (χ4n) is 3.63. The molecule has 0 unspecified atom stereocenters. The maximum atomic E-state index is 12.6. The number of halogens is 1. The van der Waals surface area contributed by atoms with Crippen molar-refractivity contribution < 1.29 is 33.3 Å². The van der Waals surface area contributed by atoms with Gasteiger partial charge in [0.15, 0.2) is 5.78 Å². The largest absolute Gasteiger partial charge is 0.496 e. The number of likely N-dealkylation sites (tertiary alicyclic amines) is 1. The number of carbonyl (C=O) groups is 3. The highest BCUT2D eigenvalue weighted by Crippen LogP contribution is 2.37. The van der Waals surface area contributed by atoms with Crippen LogP contribution in [0.2, 0.25) is 0 Å². The van der Waals surface area contributed by atoms with Gasteiger partial charge in [-0.1, -0.05) is 0 Å². The maximum Gasteiger partial charge on any atom is 0.411 e. The number of hydrogen-bond donors (Lipinski definition) is 0. The van der Waals surface area contributed by atoms with E-state index in [2.05, 4.69) is 15.9 Å². The quantitative estimate of drug-likeness (QED) is 0.590. The molecule has 0 bridgehead atoms. The smallest absolute Gasteiger partial charge is 0.411 e. The van der Waals surface area contributed by atoms with Crippen LogP contribution in [0, 0.1) is 0 Å². The molecule has 0 spiro atoms. The third-order valence-electron chi connectivity index (χ3n) is 4.96. The Labute approximate surface area is 189 Å². The number of rotatable bonds is 4. The van der Waals surface area contributed by atoms with E-state index in [-0.39, 0.29) is 25.2 Å². The second kappa shape index (κ2) is 8.90. The topological polar surface area (TPSA) is 91.4 Å². The molecule has 31 heavy (non-hydrogen) atoms. The molecular weight excluding hydrogens is 470 g/mol. The molecule has 2 atom stereocenters. The van der Waals surface area contributed by atoms with Crippen LogP contribution in [0.3, 0.4) is 0 Å². The van der Waals surface area contributed by atoms with Crippen LogP contribution in [-0.2, 0) is 30.2 Å². The molecule has 0 aromatic heterocycles. The fraction of sp³-hybridized carbons (Fsp3) is 0.500. The molecule has 1 aromatic carbocycles. The number of hydrogen-bond acceptors (Lipinski definition) is 7. The first-order valence-electron chi connectivity index (χ1n) is 9.87. The Bertz CT molecular complexity index is 935. The van der Waals surface area contributed by atoms with Crippen molar-refractivity contribution in [2.24, 2.45) is 0 Å². The van der Waals surface area contributed by atoms with Gasteiger partial charge in [-0.05, 0) is 54.4 Å². The first-order valence-corrected chi connectivity index (χ1v) is 10.7. The molecule has 2 aliphatic rings. The van der Waals surface area contributed by atoms with Crippen LogP contribution < -0.4 is 4.74 Å². The van der Waals surface area contributed by atoms with Gasteiger partial charge in [0.1, 0.15) is 29.3 Å². The van der Waals surface area contributed by atoms with Crippen molar-refractivity contribution in [3.05, 3.63) is 33.8 Å². The van der Waals surface area contributed by atoms with Crippen LogP contribution >= 0.6 is 15.9 Å². The summed E-state index contributed by atoms with van der Waals surface area (Å²) in [4.78, 5) is 38.5. The lowest BCUT2D eigenvalue weighted by atomic mass is 9.94. The van der Waals surface area contributed by atoms with Gasteiger partial charge in [-0.2, -0.15) is 0 Å². The number of benzene rings is 1. The minimum atomic E-state index is -0.827. The number of allylic oxidation sites excluding steroid dienone is 1. The zero-order valence-electron chi connectivity index (χ0n) is 18.2. The van der Waals surface area contributed by atoms with Crippen molar-refractivity contribution in [3.63, 3.8) is 0 Å². The van der Waals surface area contributed by atoms with Crippen LogP contribution in [0.4, 0.5) is 4.79 Å². The SMILES string of the molecule is COC(=O)[C@@H]1C[C@@H](OC2=CC(=O)Cc3cc(OC)c(Br)cc32)CN1C(=O)OC(C)(C)C. The van der Waals surface area contributed by atoms with Gasteiger partial charge < -0.3 is 18.9 Å². The molecule has 1 aliphatic heterocycles. The lowest BCUT2D eigenvalue weighted by Gasteiger charge is -2.27. The average Bonchev–Trinajstić information content (AvgIpc) is 3.10. The average molecular weight is 496 g/mol. The molecule has 1 fully saturated rings. The van der Waals surface area contributed by atoms with Gasteiger partial charge >= 0.3 is 12.1 Å². The van der Waals surface area contributed by atoms with Crippen LogP contribution in [-0.4, -0.2) is 61.3 Å². The van der Waals surface area contributed by atoms with Gasteiger partial charge in [0.2, 0.25) is 0 Å². The predicted octanol–water partition coefficient (Wildman–Crippen LogP) is 3.49. The molecule has 0 saturated carbocycles. The molecule has 168 valence electrons. The summed E-state index contributed by atoms with van der Waals surface area (Å²) in [7, 11) is 2.83. The van der Waals surface area contributed by atoms with E-state index in [0.717, 1.165) is 15.6 Å². The Morgan fingerprint density at radius 2 is 1.90 bits per heavy atom. The molecule has 3 rings (SSSR count). The maximum absolute atomic E-state index is 12.6. The molecule has 9 heteroatoms. The second-order valence-electron chi connectivity index (χ2n) is 8.44. The lowest BCUT2D eigenvalue weighted by molar-refractivity contribution is -0.145. The van der Waals surface area contributed by atoms with Crippen LogP contribution in [0.5, 0.6) is 5.75 Å². The van der Waals surface area contributed by atoms with Gasteiger partial charge in [-0.15, -0.1) is 0 Å². The molecule has 1 heterocycles. The molecular formula is C22H26BrNO7. The number of nitrogens with zero attached hydrogens (tertiary/aromatic N) is 1. The highest BCUT2D eigenvalue weighted by Gasteiger charge is 2.43. The van der Waals surface area contributed by atoms with Crippen LogP contribution in [0.25, 0.3) is 5.76 Å². The van der Waals surface area contributed by atoms with Crippen LogP contribution in [0.1, 0.15) is 38.3 Å². The summed E-state index contributed by atoms with van der Waals surface area (Å²) in [6.45, 7) is 5.39. The van der Waals surface area contributed by atoms with Gasteiger partial charge in [0.05, 0.1) is 25.2 Å². The van der Waals surface area contributed by atoms with E-state index in [1.165, 1.54) is 18.1 Å². The van der Waals surface area contributed by atoms with Crippen molar-refractivity contribution in [3.8, 4) is 5.75 Å². The standard InChI is InChI=1S/C22H26BrNO7/c1-22(2,3)31-21(27)24-11-14(9-17(24)20(26)29-5)30-18-8-13(25)6-12-7-19(28-4)16(23)10-15(12)18/h7-8,10,14,17H,6,9,11H2,1-5H3/t14-,17+/m1/s1.